The number of sulfonamides is 2. The third kappa shape index (κ3) is 9.75. The minimum atomic E-state index is -4.15. The number of nitrogens with one attached hydrogen (secondary N) is 3. The van der Waals surface area contributed by atoms with Gasteiger partial charge in [0.05, 0.1) is 79.5 Å². The van der Waals surface area contributed by atoms with Crippen LogP contribution >= 0.6 is 23.2 Å². The zero-order valence-corrected chi connectivity index (χ0v) is 35.1. The van der Waals surface area contributed by atoms with Gasteiger partial charge in [-0.15, -0.1) is 0 Å². The van der Waals surface area contributed by atoms with Gasteiger partial charge in [-0.25, -0.2) is 35.8 Å². The molecule has 16 nitrogen and oxygen atoms in total. The summed E-state index contributed by atoms with van der Waals surface area (Å²) in [6.45, 7) is 0.735. The minimum Gasteiger partial charge on any atom is -0.493 e. The van der Waals surface area contributed by atoms with Crippen LogP contribution in [0.5, 0.6) is 5.75 Å². The summed E-state index contributed by atoms with van der Waals surface area (Å²) in [6, 6.07) is 22.8. The summed E-state index contributed by atoms with van der Waals surface area (Å²) in [4.78, 5) is 25.2. The Morgan fingerprint density at radius 2 is 1.18 bits per heavy atom. The molecule has 2 aromatic heterocycles. The first-order chi connectivity index (χ1) is 28.7. The van der Waals surface area contributed by atoms with Gasteiger partial charge in [-0.2, -0.15) is 10.2 Å². The van der Waals surface area contributed by atoms with E-state index in [2.05, 4.69) is 25.0 Å². The molecule has 0 amide bonds. The molecule has 1 saturated carbocycles. The molecule has 0 atom stereocenters. The highest BCUT2D eigenvalue weighted by Crippen LogP contribution is 2.31. The number of halogens is 2. The zero-order valence-electron chi connectivity index (χ0n) is 31.9. The Bertz CT molecular complexity index is 2570. The maximum Gasteiger partial charge on any atom is 0.340 e. The molecule has 20 heteroatoms. The van der Waals surface area contributed by atoms with Crippen molar-refractivity contribution in [1.82, 2.24) is 24.9 Å². The Morgan fingerprint density at radius 1 is 0.700 bits per heavy atom. The molecule has 0 saturated heterocycles. The Kier molecular flexibility index (Phi) is 12.5. The Morgan fingerprint density at radius 3 is 1.68 bits per heavy atom. The number of hydrogen-bond donors (Lipinski definition) is 3. The molecule has 0 aliphatic heterocycles. The van der Waals surface area contributed by atoms with E-state index in [0.29, 0.717) is 40.3 Å². The summed E-state index contributed by atoms with van der Waals surface area (Å²) < 4.78 is 76.7. The molecule has 1 fully saturated rings. The molecule has 0 radical (unpaired) electrons. The van der Waals surface area contributed by atoms with E-state index in [4.69, 9.17) is 37.4 Å². The van der Waals surface area contributed by atoms with E-state index >= 15 is 0 Å². The molecule has 1 aliphatic carbocycles. The first-order valence-corrected chi connectivity index (χ1v) is 21.9. The third-order valence-corrected chi connectivity index (χ3v) is 12.8. The van der Waals surface area contributed by atoms with Crippen molar-refractivity contribution in [3.8, 4) is 17.1 Å². The smallest absolute Gasteiger partial charge is 0.340 e. The van der Waals surface area contributed by atoms with Gasteiger partial charge in [-0.3, -0.25) is 9.44 Å². The van der Waals surface area contributed by atoms with Crippen molar-refractivity contribution in [2.75, 3.05) is 30.3 Å². The predicted molar refractivity (Wildman–Crippen MR) is 223 cm³/mol. The second-order valence-electron chi connectivity index (χ2n) is 13.7. The standard InChI is InChI=1S/C40H37Cl2N7O9S2/c1-56-39(50)35-17-25(3-13-37(35)46-59(52,53)33-20-44-48(22-33)30-8-4-27(41)5-9-30)19-43-29-15-26(16-29)24-58-32-12-14-38(36(18-32)40(51)57-2)47-60(54,55)34-21-45-49(23-34)31-10-6-28(42)7-11-31/h3-14,17-18,20-23,26,29,43,46-47H,15-16,19,24H2,1-2H3/t26-,29+. The predicted octanol–water partition coefficient (Wildman–Crippen LogP) is 6.49. The van der Waals surface area contributed by atoms with Gasteiger partial charge < -0.3 is 19.5 Å². The molecule has 312 valence electrons. The SMILES string of the molecule is COC(=O)c1cc(CN[C@H]2C[C@@H](COc3ccc(NS(=O)(=O)c4cnn(-c5ccc(Cl)cc5)c4)c(C(=O)OC)c3)C2)ccc1NS(=O)(=O)c1cnn(-c2ccc(Cl)cc2)c1. The van der Waals surface area contributed by atoms with Crippen molar-refractivity contribution < 1.29 is 40.6 Å². The molecular formula is C40H37Cl2N7O9S2. The second kappa shape index (κ2) is 17.7. The second-order valence-corrected chi connectivity index (χ2v) is 17.9. The molecule has 60 heavy (non-hydrogen) atoms. The number of ether oxygens (including phenoxy) is 3. The van der Waals surface area contributed by atoms with Crippen LogP contribution in [-0.2, 0) is 36.1 Å². The third-order valence-electron chi connectivity index (χ3n) is 9.61. The number of anilines is 2. The Labute approximate surface area is 355 Å². The van der Waals surface area contributed by atoms with E-state index < -0.39 is 32.0 Å². The molecule has 6 aromatic rings. The highest BCUT2D eigenvalue weighted by molar-refractivity contribution is 7.93. The normalized spacial score (nSPS) is 15.1. The van der Waals surface area contributed by atoms with Gasteiger partial charge in [0, 0.05) is 22.6 Å². The van der Waals surface area contributed by atoms with Gasteiger partial charge >= 0.3 is 11.9 Å². The molecular weight excluding hydrogens is 858 g/mol. The van der Waals surface area contributed by atoms with E-state index in [1.807, 2.05) is 0 Å². The summed E-state index contributed by atoms with van der Waals surface area (Å²) in [7, 11) is -5.86. The number of rotatable bonds is 16. The van der Waals surface area contributed by atoms with Crippen molar-refractivity contribution in [2.24, 2.45) is 5.92 Å². The number of nitrogens with zero attached hydrogens (tertiary/aromatic N) is 4. The summed E-state index contributed by atoms with van der Waals surface area (Å²) >= 11 is 11.9. The molecule has 3 N–H and O–H groups in total. The van der Waals surface area contributed by atoms with Crippen LogP contribution in [0, 0.1) is 5.92 Å². The monoisotopic (exact) mass is 893 g/mol. The summed E-state index contributed by atoms with van der Waals surface area (Å²) in [6.07, 6.45) is 6.64. The molecule has 0 spiro atoms. The lowest BCUT2D eigenvalue weighted by Crippen LogP contribution is -2.42. The highest BCUT2D eigenvalue weighted by atomic mass is 35.5. The topological polar surface area (TPSA) is 202 Å². The average molecular weight is 895 g/mol. The van der Waals surface area contributed by atoms with E-state index in [0.717, 1.165) is 18.4 Å². The highest BCUT2D eigenvalue weighted by Gasteiger charge is 2.30. The lowest BCUT2D eigenvalue weighted by molar-refractivity contribution is 0.0592. The largest absolute Gasteiger partial charge is 0.493 e. The van der Waals surface area contributed by atoms with Crippen LogP contribution in [0.15, 0.2) is 120 Å². The van der Waals surface area contributed by atoms with E-state index in [1.165, 1.54) is 66.6 Å². The number of hydrogen-bond acceptors (Lipinski definition) is 12. The average Bonchev–Trinajstić information content (AvgIpc) is 3.94. The number of esters is 2. The molecule has 4 aromatic carbocycles. The van der Waals surface area contributed by atoms with Gasteiger partial charge in [0.25, 0.3) is 20.0 Å². The fraction of sp³-hybridized carbons (Fsp3) is 0.200. The fourth-order valence-electron chi connectivity index (χ4n) is 6.33. The quantitative estimate of drug-likeness (QED) is 0.0894. The molecule has 2 heterocycles. The molecule has 0 unspecified atom stereocenters. The van der Waals surface area contributed by atoms with Crippen LogP contribution < -0.4 is 19.5 Å². The Hall–Kier alpha value is -5.92. The summed E-state index contributed by atoms with van der Waals surface area (Å²) in [5.74, 6) is -0.932. The fourth-order valence-corrected chi connectivity index (χ4v) is 8.60. The van der Waals surface area contributed by atoms with Crippen LogP contribution in [0.3, 0.4) is 0 Å². The van der Waals surface area contributed by atoms with Crippen LogP contribution in [0.4, 0.5) is 11.4 Å². The van der Waals surface area contributed by atoms with Crippen molar-refractivity contribution in [3.63, 3.8) is 0 Å². The number of aromatic nitrogens is 4. The number of methoxy groups -OCH3 is 2. The molecule has 1 aliphatic rings. The number of carbonyl (C=O) groups excluding carboxylic acids is 2. The first kappa shape index (κ1) is 42.2. The Balaban J connectivity index is 0.926. The van der Waals surface area contributed by atoms with E-state index in [9.17, 15) is 26.4 Å². The number of benzene rings is 4. The maximum absolute atomic E-state index is 13.3. The maximum atomic E-state index is 13.3. The molecule has 0 bridgehead atoms. The summed E-state index contributed by atoms with van der Waals surface area (Å²) in [5.41, 5.74) is 2.01. The van der Waals surface area contributed by atoms with Crippen molar-refractivity contribution in [1.29, 1.82) is 0 Å². The van der Waals surface area contributed by atoms with Crippen LogP contribution in [0.1, 0.15) is 39.1 Å². The van der Waals surface area contributed by atoms with Crippen LogP contribution in [0.25, 0.3) is 11.4 Å². The van der Waals surface area contributed by atoms with Crippen molar-refractivity contribution in [3.05, 3.63) is 136 Å². The van der Waals surface area contributed by atoms with Crippen LogP contribution in [0.2, 0.25) is 10.0 Å². The van der Waals surface area contributed by atoms with Crippen molar-refractivity contribution >= 4 is 66.6 Å². The molecule has 7 rings (SSSR count). The first-order valence-electron chi connectivity index (χ1n) is 18.2. The van der Waals surface area contributed by atoms with E-state index in [1.54, 1.807) is 66.7 Å². The van der Waals surface area contributed by atoms with Gasteiger partial charge in [0.1, 0.15) is 15.5 Å². The lowest BCUT2D eigenvalue weighted by Gasteiger charge is -2.36. The lowest BCUT2D eigenvalue weighted by atomic mass is 9.81. The van der Waals surface area contributed by atoms with Gasteiger partial charge in [0.15, 0.2) is 0 Å². The summed E-state index contributed by atoms with van der Waals surface area (Å²) in [5, 5.41) is 12.8. The zero-order chi connectivity index (χ0) is 42.6. The van der Waals surface area contributed by atoms with Gasteiger partial charge in [0.2, 0.25) is 0 Å². The van der Waals surface area contributed by atoms with Gasteiger partial charge in [-0.05, 0) is 103 Å². The number of carbonyl (C=O) groups is 2. The van der Waals surface area contributed by atoms with Gasteiger partial charge in [-0.1, -0.05) is 29.3 Å². The minimum absolute atomic E-state index is 0.00406. The van der Waals surface area contributed by atoms with E-state index in [-0.39, 0.29) is 44.3 Å². The van der Waals surface area contributed by atoms with Crippen LogP contribution in [-0.4, -0.2) is 75.2 Å². The van der Waals surface area contributed by atoms with Crippen molar-refractivity contribution in [2.45, 2.75) is 35.2 Å².